The molecule has 94 valence electrons. The quantitative estimate of drug-likeness (QED) is 0.769. The van der Waals surface area contributed by atoms with E-state index in [4.69, 9.17) is 11.6 Å². The molecule has 2 nitrogen and oxygen atoms in total. The summed E-state index contributed by atoms with van der Waals surface area (Å²) in [5, 5.41) is 0.305. The number of rotatable bonds is 3. The second-order valence-electron chi connectivity index (χ2n) is 4.96. The molecular formula is C15H17ClN2. The van der Waals surface area contributed by atoms with Gasteiger partial charge in [0, 0.05) is 11.3 Å². The largest absolute Gasteiger partial charge is 0.223 e. The van der Waals surface area contributed by atoms with E-state index in [1.807, 2.05) is 13.0 Å². The normalized spacial score (nSPS) is 10.9. The number of hydrogen-bond donors (Lipinski definition) is 0. The lowest BCUT2D eigenvalue weighted by Gasteiger charge is -2.08. The van der Waals surface area contributed by atoms with Gasteiger partial charge in [-0.15, -0.1) is 0 Å². The van der Waals surface area contributed by atoms with Gasteiger partial charge in [0.05, 0.1) is 5.69 Å². The first-order valence-electron chi connectivity index (χ1n) is 6.15. The summed E-state index contributed by atoms with van der Waals surface area (Å²) in [5.41, 5.74) is 4.20. The molecule has 0 unspecified atom stereocenters. The topological polar surface area (TPSA) is 25.8 Å². The van der Waals surface area contributed by atoms with E-state index in [0.717, 1.165) is 23.4 Å². The van der Waals surface area contributed by atoms with E-state index in [0.29, 0.717) is 11.2 Å². The molecule has 2 aromatic rings. The second-order valence-corrected chi connectivity index (χ2v) is 5.30. The van der Waals surface area contributed by atoms with Crippen LogP contribution in [0.1, 0.15) is 25.1 Å². The van der Waals surface area contributed by atoms with Crippen molar-refractivity contribution in [1.29, 1.82) is 0 Å². The van der Waals surface area contributed by atoms with E-state index in [9.17, 15) is 0 Å². The Hall–Kier alpha value is -1.41. The molecule has 18 heavy (non-hydrogen) atoms. The molecule has 0 aliphatic rings. The molecule has 0 radical (unpaired) electrons. The zero-order valence-electron chi connectivity index (χ0n) is 10.9. The predicted octanol–water partition coefficient (Wildman–Crippen LogP) is 4.30. The van der Waals surface area contributed by atoms with Gasteiger partial charge in [-0.3, -0.25) is 0 Å². The standard InChI is InChI=1S/C15H17ClN2/c1-10(2)7-12-5-4-6-13(9-12)14-8-11(3)17-15(16)18-14/h4-6,8-10H,7H2,1-3H3. The zero-order valence-corrected chi connectivity index (χ0v) is 11.7. The first-order chi connectivity index (χ1) is 8.54. The lowest BCUT2D eigenvalue weighted by atomic mass is 10.00. The third-order valence-corrected chi connectivity index (χ3v) is 2.86. The molecule has 0 amide bonds. The Kier molecular flexibility index (Phi) is 3.97. The van der Waals surface area contributed by atoms with Crippen LogP contribution in [0.3, 0.4) is 0 Å². The van der Waals surface area contributed by atoms with Gasteiger partial charge in [0.15, 0.2) is 0 Å². The minimum atomic E-state index is 0.305. The van der Waals surface area contributed by atoms with Crippen LogP contribution < -0.4 is 0 Å². The van der Waals surface area contributed by atoms with Gasteiger partial charge in [0.25, 0.3) is 0 Å². The minimum absolute atomic E-state index is 0.305. The first-order valence-corrected chi connectivity index (χ1v) is 6.53. The van der Waals surface area contributed by atoms with Crippen LogP contribution in [-0.4, -0.2) is 9.97 Å². The van der Waals surface area contributed by atoms with Crippen molar-refractivity contribution in [3.05, 3.63) is 46.9 Å². The summed E-state index contributed by atoms with van der Waals surface area (Å²) in [6, 6.07) is 10.4. The fourth-order valence-electron chi connectivity index (χ4n) is 2.01. The molecule has 1 aromatic heterocycles. The molecule has 0 atom stereocenters. The van der Waals surface area contributed by atoms with Gasteiger partial charge < -0.3 is 0 Å². The smallest absolute Gasteiger partial charge is 0.223 e. The minimum Gasteiger partial charge on any atom is -0.223 e. The molecule has 0 aliphatic heterocycles. The molecule has 0 saturated carbocycles. The first kappa shape index (κ1) is 13.0. The van der Waals surface area contributed by atoms with Crippen LogP contribution in [0, 0.1) is 12.8 Å². The van der Waals surface area contributed by atoms with Gasteiger partial charge >= 0.3 is 0 Å². The van der Waals surface area contributed by atoms with Gasteiger partial charge in [-0.1, -0.05) is 32.0 Å². The highest BCUT2D eigenvalue weighted by molar-refractivity contribution is 6.28. The Morgan fingerprint density at radius 2 is 1.94 bits per heavy atom. The Morgan fingerprint density at radius 3 is 2.61 bits per heavy atom. The van der Waals surface area contributed by atoms with Crippen molar-refractivity contribution < 1.29 is 0 Å². The third kappa shape index (κ3) is 3.30. The molecule has 0 fully saturated rings. The van der Waals surface area contributed by atoms with Gasteiger partial charge in [-0.2, -0.15) is 0 Å². The maximum atomic E-state index is 5.90. The van der Waals surface area contributed by atoms with E-state index in [2.05, 4.69) is 48.1 Å². The van der Waals surface area contributed by atoms with Crippen molar-refractivity contribution in [3.8, 4) is 11.3 Å². The molecule has 0 N–H and O–H groups in total. The fraction of sp³-hybridized carbons (Fsp3) is 0.333. The molecule has 1 aromatic carbocycles. The summed E-state index contributed by atoms with van der Waals surface area (Å²) < 4.78 is 0. The van der Waals surface area contributed by atoms with Gasteiger partial charge in [0.2, 0.25) is 5.28 Å². The van der Waals surface area contributed by atoms with Crippen LogP contribution in [0.25, 0.3) is 11.3 Å². The highest BCUT2D eigenvalue weighted by atomic mass is 35.5. The molecule has 0 saturated heterocycles. The van der Waals surface area contributed by atoms with E-state index in [-0.39, 0.29) is 0 Å². The lowest BCUT2D eigenvalue weighted by Crippen LogP contribution is -1.95. The number of benzene rings is 1. The maximum absolute atomic E-state index is 5.90. The van der Waals surface area contributed by atoms with Crippen LogP contribution in [-0.2, 0) is 6.42 Å². The number of nitrogens with zero attached hydrogens (tertiary/aromatic N) is 2. The second kappa shape index (κ2) is 5.49. The molecule has 0 aliphatic carbocycles. The summed E-state index contributed by atoms with van der Waals surface area (Å²) in [7, 11) is 0. The SMILES string of the molecule is Cc1cc(-c2cccc(CC(C)C)c2)nc(Cl)n1. The molecule has 2 rings (SSSR count). The molecule has 3 heteroatoms. The average molecular weight is 261 g/mol. The van der Waals surface area contributed by atoms with E-state index in [1.54, 1.807) is 0 Å². The van der Waals surface area contributed by atoms with E-state index < -0.39 is 0 Å². The van der Waals surface area contributed by atoms with Crippen molar-refractivity contribution in [2.75, 3.05) is 0 Å². The van der Waals surface area contributed by atoms with E-state index >= 15 is 0 Å². The van der Waals surface area contributed by atoms with Crippen LogP contribution in [0.2, 0.25) is 5.28 Å². The summed E-state index contributed by atoms with van der Waals surface area (Å²) in [5.74, 6) is 0.649. The van der Waals surface area contributed by atoms with Crippen molar-refractivity contribution in [2.45, 2.75) is 27.2 Å². The van der Waals surface area contributed by atoms with Crippen LogP contribution in [0.5, 0.6) is 0 Å². The van der Waals surface area contributed by atoms with Gasteiger partial charge in [-0.05, 0) is 48.6 Å². The van der Waals surface area contributed by atoms with Crippen molar-refractivity contribution in [1.82, 2.24) is 9.97 Å². The fourth-order valence-corrected chi connectivity index (χ4v) is 2.23. The lowest BCUT2D eigenvalue weighted by molar-refractivity contribution is 0.647. The summed E-state index contributed by atoms with van der Waals surface area (Å²) in [6.07, 6.45) is 1.08. The van der Waals surface area contributed by atoms with Gasteiger partial charge in [-0.25, -0.2) is 9.97 Å². The summed E-state index contributed by atoms with van der Waals surface area (Å²) in [6.45, 7) is 6.37. The molecule has 1 heterocycles. The Bertz CT molecular complexity index is 530. The Morgan fingerprint density at radius 1 is 1.17 bits per heavy atom. The highest BCUT2D eigenvalue weighted by Gasteiger charge is 2.05. The Labute approximate surface area is 113 Å². The van der Waals surface area contributed by atoms with Crippen LogP contribution >= 0.6 is 11.6 Å². The summed E-state index contributed by atoms with van der Waals surface area (Å²) in [4.78, 5) is 8.36. The number of aromatic nitrogens is 2. The predicted molar refractivity (Wildman–Crippen MR) is 75.8 cm³/mol. The molecular weight excluding hydrogens is 244 g/mol. The van der Waals surface area contributed by atoms with Gasteiger partial charge in [0.1, 0.15) is 0 Å². The van der Waals surface area contributed by atoms with Crippen molar-refractivity contribution >= 4 is 11.6 Å². The highest BCUT2D eigenvalue weighted by Crippen LogP contribution is 2.21. The Balaban J connectivity index is 2.38. The maximum Gasteiger partial charge on any atom is 0.223 e. The van der Waals surface area contributed by atoms with Crippen LogP contribution in [0.4, 0.5) is 0 Å². The average Bonchev–Trinajstić information content (AvgIpc) is 2.27. The zero-order chi connectivity index (χ0) is 13.1. The summed E-state index contributed by atoms with van der Waals surface area (Å²) >= 11 is 5.90. The number of aryl methyl sites for hydroxylation is 1. The monoisotopic (exact) mass is 260 g/mol. The third-order valence-electron chi connectivity index (χ3n) is 2.69. The van der Waals surface area contributed by atoms with Crippen molar-refractivity contribution in [3.63, 3.8) is 0 Å². The van der Waals surface area contributed by atoms with Crippen molar-refractivity contribution in [2.24, 2.45) is 5.92 Å². The van der Waals surface area contributed by atoms with E-state index in [1.165, 1.54) is 5.56 Å². The molecule has 0 spiro atoms. The molecule has 0 bridgehead atoms. The van der Waals surface area contributed by atoms with Crippen LogP contribution in [0.15, 0.2) is 30.3 Å². The number of halogens is 1. The number of hydrogen-bond acceptors (Lipinski definition) is 2.